The summed E-state index contributed by atoms with van der Waals surface area (Å²) in [6.07, 6.45) is 1.70. The molecule has 1 aliphatic rings. The van der Waals surface area contributed by atoms with Crippen LogP contribution in [0.1, 0.15) is 27.7 Å². The minimum atomic E-state index is -0.489. The van der Waals surface area contributed by atoms with E-state index >= 15 is 0 Å². The number of rotatable bonds is 3. The van der Waals surface area contributed by atoms with Crippen LogP contribution in [0.3, 0.4) is 0 Å². The summed E-state index contributed by atoms with van der Waals surface area (Å²) in [5, 5.41) is 0. The van der Waals surface area contributed by atoms with Crippen LogP contribution >= 0.6 is 0 Å². The molecule has 3 rings (SSSR count). The molecule has 1 aromatic heterocycles. The maximum atomic E-state index is 6.09. The number of benzene rings is 1. The number of para-hydroxylation sites is 1. The van der Waals surface area contributed by atoms with Crippen molar-refractivity contribution in [3.63, 3.8) is 0 Å². The second-order valence-corrected chi connectivity index (χ2v) is 6.40. The second-order valence-electron chi connectivity index (χ2n) is 6.40. The number of ether oxygens (including phenoxy) is 1. The fraction of sp³-hybridized carbons (Fsp3) is 0.353. The number of hydrogen-bond donors (Lipinski definition) is 0. The van der Waals surface area contributed by atoms with Gasteiger partial charge in [0.1, 0.15) is 5.75 Å². The molecule has 2 aromatic rings. The highest BCUT2D eigenvalue weighted by atomic mass is 16.7. The van der Waals surface area contributed by atoms with Crippen LogP contribution in [0.15, 0.2) is 48.7 Å². The molecule has 0 radical (unpaired) electrons. The molecule has 5 heteroatoms. The van der Waals surface area contributed by atoms with Crippen molar-refractivity contribution in [1.82, 2.24) is 4.98 Å². The van der Waals surface area contributed by atoms with Crippen LogP contribution in [-0.4, -0.2) is 23.3 Å². The Morgan fingerprint density at radius 1 is 0.909 bits per heavy atom. The Balaban J connectivity index is 1.90. The van der Waals surface area contributed by atoms with Gasteiger partial charge in [0.15, 0.2) is 0 Å². The van der Waals surface area contributed by atoms with Gasteiger partial charge in [-0.25, -0.2) is 4.98 Å². The largest absolute Gasteiger partial charge is 0.500 e. The van der Waals surface area contributed by atoms with Gasteiger partial charge < -0.3 is 14.0 Å². The number of aromatic nitrogens is 1. The van der Waals surface area contributed by atoms with Gasteiger partial charge in [-0.05, 0) is 45.9 Å². The summed E-state index contributed by atoms with van der Waals surface area (Å²) >= 11 is 0. The highest BCUT2D eigenvalue weighted by molar-refractivity contribution is 6.63. The third-order valence-corrected chi connectivity index (χ3v) is 4.27. The van der Waals surface area contributed by atoms with Crippen molar-refractivity contribution in [1.29, 1.82) is 0 Å². The van der Waals surface area contributed by atoms with Crippen molar-refractivity contribution in [2.75, 3.05) is 0 Å². The zero-order valence-electron chi connectivity index (χ0n) is 13.4. The van der Waals surface area contributed by atoms with E-state index in [0.29, 0.717) is 5.88 Å². The van der Waals surface area contributed by atoms with Gasteiger partial charge in [-0.1, -0.05) is 24.3 Å². The Hall–Kier alpha value is -1.85. The van der Waals surface area contributed by atoms with Gasteiger partial charge in [0.2, 0.25) is 5.88 Å². The summed E-state index contributed by atoms with van der Waals surface area (Å²) in [7, 11) is -0.489. The minimum Gasteiger partial charge on any atom is -0.439 e. The summed E-state index contributed by atoms with van der Waals surface area (Å²) < 4.78 is 18.1. The molecule has 0 bridgehead atoms. The van der Waals surface area contributed by atoms with Crippen LogP contribution in [0.2, 0.25) is 0 Å². The first-order valence-corrected chi connectivity index (χ1v) is 7.42. The van der Waals surface area contributed by atoms with Crippen molar-refractivity contribution >= 4 is 12.6 Å². The first kappa shape index (κ1) is 15.1. The van der Waals surface area contributed by atoms with Crippen molar-refractivity contribution < 1.29 is 14.0 Å². The molecule has 22 heavy (non-hydrogen) atoms. The summed E-state index contributed by atoms with van der Waals surface area (Å²) in [4.78, 5) is 4.33. The molecule has 2 heterocycles. The first-order chi connectivity index (χ1) is 10.4. The molecule has 1 aliphatic heterocycles. The van der Waals surface area contributed by atoms with Crippen LogP contribution in [0.5, 0.6) is 11.6 Å². The maximum absolute atomic E-state index is 6.09. The average Bonchev–Trinajstić information content (AvgIpc) is 2.69. The molecule has 4 nitrogen and oxygen atoms in total. The topological polar surface area (TPSA) is 40.6 Å². The number of pyridine rings is 1. The molecule has 114 valence electrons. The fourth-order valence-corrected chi connectivity index (χ4v) is 2.24. The Morgan fingerprint density at radius 2 is 1.55 bits per heavy atom. The fourth-order valence-electron chi connectivity index (χ4n) is 2.24. The summed E-state index contributed by atoms with van der Waals surface area (Å²) in [6, 6.07) is 13.4. The zero-order valence-corrected chi connectivity index (χ0v) is 13.4. The third kappa shape index (κ3) is 2.74. The van der Waals surface area contributed by atoms with E-state index in [1.54, 1.807) is 6.20 Å². The van der Waals surface area contributed by atoms with Gasteiger partial charge in [0.25, 0.3) is 0 Å². The molecule has 1 aromatic carbocycles. The standard InChI is InChI=1S/C17H20BNO3/c1-16(2)17(3,4)22-18(21-16)14-11-8-12-19-15(14)20-13-9-6-5-7-10-13/h5-12H,1-4H3. The van der Waals surface area contributed by atoms with Crippen LogP contribution in [0.25, 0.3) is 0 Å². The van der Waals surface area contributed by atoms with Gasteiger partial charge in [0.05, 0.1) is 11.2 Å². The molecular weight excluding hydrogens is 277 g/mol. The molecular formula is C17H20BNO3. The Kier molecular flexibility index (Phi) is 3.71. The van der Waals surface area contributed by atoms with Gasteiger partial charge in [-0.15, -0.1) is 0 Å². The van der Waals surface area contributed by atoms with E-state index in [-0.39, 0.29) is 0 Å². The Labute approximate surface area is 131 Å². The molecule has 0 amide bonds. The van der Waals surface area contributed by atoms with E-state index < -0.39 is 18.3 Å². The van der Waals surface area contributed by atoms with E-state index in [2.05, 4.69) is 4.98 Å². The van der Waals surface area contributed by atoms with Gasteiger partial charge in [-0.3, -0.25) is 0 Å². The third-order valence-electron chi connectivity index (χ3n) is 4.27. The molecule has 1 fully saturated rings. The maximum Gasteiger partial charge on any atom is 0.500 e. The van der Waals surface area contributed by atoms with Gasteiger partial charge in [0, 0.05) is 11.7 Å². The highest BCUT2D eigenvalue weighted by Crippen LogP contribution is 2.37. The molecule has 0 aliphatic carbocycles. The van der Waals surface area contributed by atoms with Gasteiger partial charge in [-0.2, -0.15) is 0 Å². The van der Waals surface area contributed by atoms with Crippen LogP contribution in [0, 0.1) is 0 Å². The highest BCUT2D eigenvalue weighted by Gasteiger charge is 2.52. The van der Waals surface area contributed by atoms with Crippen LogP contribution in [-0.2, 0) is 9.31 Å². The summed E-state index contributed by atoms with van der Waals surface area (Å²) in [5.41, 5.74) is 0.0136. The van der Waals surface area contributed by atoms with E-state index in [1.165, 1.54) is 0 Å². The summed E-state index contributed by atoms with van der Waals surface area (Å²) in [6.45, 7) is 8.12. The van der Waals surface area contributed by atoms with Crippen molar-refractivity contribution in [2.45, 2.75) is 38.9 Å². The first-order valence-electron chi connectivity index (χ1n) is 7.42. The lowest BCUT2D eigenvalue weighted by molar-refractivity contribution is 0.00578. The second kappa shape index (κ2) is 5.41. The average molecular weight is 297 g/mol. The lowest BCUT2D eigenvalue weighted by Crippen LogP contribution is -2.41. The predicted molar refractivity (Wildman–Crippen MR) is 86.5 cm³/mol. The van der Waals surface area contributed by atoms with E-state index in [9.17, 15) is 0 Å². The monoisotopic (exact) mass is 297 g/mol. The number of nitrogens with zero attached hydrogens (tertiary/aromatic N) is 1. The SMILES string of the molecule is CC1(C)OB(c2cccnc2Oc2ccccc2)OC1(C)C. The van der Waals surface area contributed by atoms with Gasteiger partial charge >= 0.3 is 7.12 Å². The minimum absolute atomic E-state index is 0.391. The smallest absolute Gasteiger partial charge is 0.439 e. The Morgan fingerprint density at radius 3 is 2.18 bits per heavy atom. The lowest BCUT2D eigenvalue weighted by Gasteiger charge is -2.32. The molecule has 0 unspecified atom stereocenters. The van der Waals surface area contributed by atoms with E-state index in [4.69, 9.17) is 14.0 Å². The van der Waals surface area contributed by atoms with Crippen molar-refractivity contribution in [2.24, 2.45) is 0 Å². The quantitative estimate of drug-likeness (QED) is 0.816. The molecule has 0 N–H and O–H groups in total. The van der Waals surface area contributed by atoms with E-state index in [0.717, 1.165) is 11.2 Å². The molecule has 0 spiro atoms. The molecule has 0 atom stereocenters. The zero-order chi connectivity index (χ0) is 15.8. The normalized spacial score (nSPS) is 19.2. The molecule has 0 saturated carbocycles. The molecule has 1 saturated heterocycles. The predicted octanol–water partition coefficient (Wildman–Crippen LogP) is 3.17. The van der Waals surface area contributed by atoms with Crippen molar-refractivity contribution in [3.8, 4) is 11.6 Å². The van der Waals surface area contributed by atoms with Crippen molar-refractivity contribution in [3.05, 3.63) is 48.7 Å². The Bertz CT molecular complexity index is 642. The van der Waals surface area contributed by atoms with E-state index in [1.807, 2.05) is 70.2 Å². The summed E-state index contributed by atoms with van der Waals surface area (Å²) in [5.74, 6) is 1.24. The van der Waals surface area contributed by atoms with Crippen LogP contribution in [0.4, 0.5) is 0 Å². The van der Waals surface area contributed by atoms with Crippen LogP contribution < -0.4 is 10.2 Å². The lowest BCUT2D eigenvalue weighted by atomic mass is 9.80. The number of hydrogen-bond acceptors (Lipinski definition) is 4.